The third kappa shape index (κ3) is 3.54. The molecule has 0 saturated carbocycles. The Kier molecular flexibility index (Phi) is 5.40. The summed E-state index contributed by atoms with van der Waals surface area (Å²) in [5.41, 5.74) is 1.06. The van der Waals surface area contributed by atoms with Crippen LogP contribution in [0.25, 0.3) is 0 Å². The molecule has 0 aliphatic carbocycles. The van der Waals surface area contributed by atoms with Crippen molar-refractivity contribution in [2.24, 2.45) is 0 Å². The average molecular weight is 420 g/mol. The van der Waals surface area contributed by atoms with Crippen LogP contribution in [0.15, 0.2) is 47.5 Å². The minimum absolute atomic E-state index is 0.121. The summed E-state index contributed by atoms with van der Waals surface area (Å²) in [6.07, 6.45) is 5.13. The van der Waals surface area contributed by atoms with Gasteiger partial charge in [-0.05, 0) is 56.0 Å². The van der Waals surface area contributed by atoms with Crippen molar-refractivity contribution < 1.29 is 13.2 Å². The summed E-state index contributed by atoms with van der Waals surface area (Å²) < 4.78 is 27.2. The Hall–Kier alpha value is -1.96. The number of halogens is 1. The Morgan fingerprint density at radius 1 is 1.07 bits per heavy atom. The average Bonchev–Trinajstić information content (AvgIpc) is 3.40. The summed E-state index contributed by atoms with van der Waals surface area (Å²) in [5.74, 6) is -0.253. The van der Waals surface area contributed by atoms with Crippen LogP contribution in [-0.2, 0) is 10.0 Å². The van der Waals surface area contributed by atoms with E-state index in [4.69, 9.17) is 11.6 Å². The molecular formula is C20H22ClN3O3S. The zero-order chi connectivity index (χ0) is 19.7. The molecule has 2 saturated heterocycles. The van der Waals surface area contributed by atoms with Crippen LogP contribution in [0.5, 0.6) is 0 Å². The van der Waals surface area contributed by atoms with Gasteiger partial charge in [0.2, 0.25) is 10.0 Å². The van der Waals surface area contributed by atoms with E-state index in [1.807, 2.05) is 18.2 Å². The van der Waals surface area contributed by atoms with Gasteiger partial charge in [0.15, 0.2) is 0 Å². The van der Waals surface area contributed by atoms with Crippen LogP contribution in [0.2, 0.25) is 5.02 Å². The summed E-state index contributed by atoms with van der Waals surface area (Å²) in [7, 11) is -3.61. The zero-order valence-corrected chi connectivity index (χ0v) is 17.0. The number of carbonyl (C=O) groups is 1. The first-order valence-corrected chi connectivity index (χ1v) is 11.3. The highest BCUT2D eigenvalue weighted by molar-refractivity contribution is 7.89. The van der Waals surface area contributed by atoms with Gasteiger partial charge in [0.1, 0.15) is 0 Å². The standard InChI is InChI=1S/C20H22ClN3O3S/c21-17-9-8-15(28(26,27)23-11-3-4-12-23)14-16(17)20(25)24-13-5-7-19(24)18-6-1-2-10-22-18/h1-2,6,8-10,14,19H,3-5,7,11-13H2. The molecule has 0 bridgehead atoms. The summed E-state index contributed by atoms with van der Waals surface area (Å²) in [5, 5.41) is 0.261. The molecular weight excluding hydrogens is 398 g/mol. The Balaban J connectivity index is 1.66. The van der Waals surface area contributed by atoms with Crippen LogP contribution in [-0.4, -0.2) is 48.1 Å². The molecule has 1 aromatic heterocycles. The number of aromatic nitrogens is 1. The number of sulfonamides is 1. The van der Waals surface area contributed by atoms with Crippen LogP contribution in [0.1, 0.15) is 47.8 Å². The number of nitrogens with zero attached hydrogens (tertiary/aromatic N) is 3. The number of hydrogen-bond donors (Lipinski definition) is 0. The lowest BCUT2D eigenvalue weighted by Crippen LogP contribution is -2.32. The largest absolute Gasteiger partial charge is 0.330 e. The third-order valence-corrected chi connectivity index (χ3v) is 7.64. The van der Waals surface area contributed by atoms with Gasteiger partial charge in [-0.2, -0.15) is 4.31 Å². The minimum atomic E-state index is -3.61. The number of benzene rings is 1. The highest BCUT2D eigenvalue weighted by atomic mass is 35.5. The molecule has 1 amide bonds. The highest BCUT2D eigenvalue weighted by Crippen LogP contribution is 2.34. The van der Waals surface area contributed by atoms with Crippen molar-refractivity contribution in [1.82, 2.24) is 14.2 Å². The van der Waals surface area contributed by atoms with Gasteiger partial charge in [0, 0.05) is 25.8 Å². The minimum Gasteiger partial charge on any atom is -0.330 e. The summed E-state index contributed by atoms with van der Waals surface area (Å²) in [6.45, 7) is 1.63. The van der Waals surface area contributed by atoms with Gasteiger partial charge in [-0.15, -0.1) is 0 Å². The predicted molar refractivity (Wildman–Crippen MR) is 107 cm³/mol. The van der Waals surface area contributed by atoms with Crippen molar-refractivity contribution in [2.45, 2.75) is 36.6 Å². The molecule has 3 heterocycles. The first-order valence-electron chi connectivity index (χ1n) is 9.50. The van der Waals surface area contributed by atoms with Crippen LogP contribution >= 0.6 is 11.6 Å². The van der Waals surface area contributed by atoms with Crippen molar-refractivity contribution in [3.63, 3.8) is 0 Å². The van der Waals surface area contributed by atoms with Crippen molar-refractivity contribution in [2.75, 3.05) is 19.6 Å². The van der Waals surface area contributed by atoms with Crippen molar-refractivity contribution in [1.29, 1.82) is 0 Å². The van der Waals surface area contributed by atoms with Gasteiger partial charge in [0.05, 0.1) is 27.2 Å². The van der Waals surface area contributed by atoms with Crippen LogP contribution in [0.4, 0.5) is 0 Å². The van der Waals surface area contributed by atoms with E-state index in [9.17, 15) is 13.2 Å². The molecule has 0 radical (unpaired) electrons. The molecule has 2 aliphatic heterocycles. The molecule has 2 fully saturated rings. The van der Waals surface area contributed by atoms with Gasteiger partial charge in [-0.1, -0.05) is 17.7 Å². The number of likely N-dealkylation sites (tertiary alicyclic amines) is 1. The predicted octanol–water partition coefficient (Wildman–Crippen LogP) is 3.50. The van der Waals surface area contributed by atoms with Gasteiger partial charge < -0.3 is 4.90 Å². The maximum Gasteiger partial charge on any atom is 0.255 e. The van der Waals surface area contributed by atoms with Crippen molar-refractivity contribution >= 4 is 27.5 Å². The van der Waals surface area contributed by atoms with Gasteiger partial charge in [0.25, 0.3) is 5.91 Å². The molecule has 148 valence electrons. The van der Waals surface area contributed by atoms with Crippen molar-refractivity contribution in [3.05, 3.63) is 58.9 Å². The second-order valence-electron chi connectivity index (χ2n) is 7.16. The Morgan fingerprint density at radius 2 is 1.86 bits per heavy atom. The van der Waals surface area contributed by atoms with Crippen LogP contribution < -0.4 is 0 Å². The van der Waals surface area contributed by atoms with Crippen LogP contribution in [0.3, 0.4) is 0 Å². The molecule has 8 heteroatoms. The Labute approximate surface area is 170 Å². The zero-order valence-electron chi connectivity index (χ0n) is 15.4. The smallest absolute Gasteiger partial charge is 0.255 e. The van der Waals surface area contributed by atoms with E-state index in [1.54, 1.807) is 11.1 Å². The van der Waals surface area contributed by atoms with E-state index in [2.05, 4.69) is 4.98 Å². The summed E-state index contributed by atoms with van der Waals surface area (Å²) in [4.78, 5) is 19.5. The molecule has 2 aromatic rings. The van der Waals surface area contributed by atoms with E-state index in [-0.39, 0.29) is 27.4 Å². The molecule has 28 heavy (non-hydrogen) atoms. The number of pyridine rings is 1. The van der Waals surface area contributed by atoms with E-state index < -0.39 is 10.0 Å². The monoisotopic (exact) mass is 419 g/mol. The van der Waals surface area contributed by atoms with Gasteiger partial charge >= 0.3 is 0 Å². The SMILES string of the molecule is O=C(c1cc(S(=O)(=O)N2CCCC2)ccc1Cl)N1CCCC1c1ccccn1. The summed E-state index contributed by atoms with van der Waals surface area (Å²) >= 11 is 6.30. The lowest BCUT2D eigenvalue weighted by molar-refractivity contribution is 0.0733. The van der Waals surface area contributed by atoms with E-state index in [0.29, 0.717) is 19.6 Å². The van der Waals surface area contributed by atoms with Crippen LogP contribution in [0, 0.1) is 0 Å². The van der Waals surface area contributed by atoms with E-state index in [0.717, 1.165) is 31.4 Å². The Morgan fingerprint density at radius 3 is 2.57 bits per heavy atom. The molecule has 0 N–H and O–H groups in total. The maximum atomic E-state index is 13.3. The number of rotatable bonds is 4. The molecule has 1 atom stereocenters. The molecule has 6 nitrogen and oxygen atoms in total. The number of hydrogen-bond acceptors (Lipinski definition) is 4. The van der Waals surface area contributed by atoms with Gasteiger partial charge in [-0.3, -0.25) is 9.78 Å². The third-order valence-electron chi connectivity index (χ3n) is 5.41. The molecule has 2 aliphatic rings. The normalized spacial score (nSPS) is 20.6. The van der Waals surface area contributed by atoms with Crippen molar-refractivity contribution in [3.8, 4) is 0 Å². The first-order chi connectivity index (χ1) is 13.5. The second-order valence-corrected chi connectivity index (χ2v) is 9.51. The quantitative estimate of drug-likeness (QED) is 0.760. The molecule has 1 unspecified atom stereocenters. The first kappa shape index (κ1) is 19.4. The highest BCUT2D eigenvalue weighted by Gasteiger charge is 2.34. The lowest BCUT2D eigenvalue weighted by Gasteiger charge is -2.25. The molecule has 1 aromatic carbocycles. The topological polar surface area (TPSA) is 70.6 Å². The fourth-order valence-electron chi connectivity index (χ4n) is 3.95. The maximum absolute atomic E-state index is 13.3. The number of carbonyl (C=O) groups excluding carboxylic acids is 1. The fraction of sp³-hybridized carbons (Fsp3) is 0.400. The molecule has 0 spiro atoms. The van der Waals surface area contributed by atoms with E-state index in [1.165, 1.54) is 22.5 Å². The van der Waals surface area contributed by atoms with Gasteiger partial charge in [-0.25, -0.2) is 8.42 Å². The van der Waals surface area contributed by atoms with E-state index >= 15 is 0 Å². The Bertz CT molecular complexity index is 975. The lowest BCUT2D eigenvalue weighted by atomic mass is 10.1. The fourth-order valence-corrected chi connectivity index (χ4v) is 5.69. The molecule has 4 rings (SSSR count). The second kappa shape index (κ2) is 7.81. The number of amides is 1. The summed E-state index contributed by atoms with van der Waals surface area (Å²) in [6, 6.07) is 9.94.